The molecule has 1 heterocycles. The number of hydrogen-bond donors (Lipinski definition) is 1. The number of nitrogens with one attached hydrogen (secondary N) is 1. The van der Waals surface area contributed by atoms with Crippen molar-refractivity contribution in [1.29, 1.82) is 0 Å². The van der Waals surface area contributed by atoms with Gasteiger partial charge in [0.15, 0.2) is 5.16 Å². The van der Waals surface area contributed by atoms with Gasteiger partial charge in [-0.3, -0.25) is 9.36 Å². The molecule has 1 aliphatic carbocycles. The van der Waals surface area contributed by atoms with Crippen LogP contribution in [0.2, 0.25) is 0 Å². The van der Waals surface area contributed by atoms with Crippen molar-refractivity contribution in [1.82, 2.24) is 20.1 Å². The Morgan fingerprint density at radius 1 is 1.35 bits per heavy atom. The Labute approximate surface area is 140 Å². The third-order valence-electron chi connectivity index (χ3n) is 4.24. The Hall–Kier alpha value is -1.82. The number of carbonyl (C=O) groups is 1. The van der Waals surface area contributed by atoms with E-state index in [4.69, 9.17) is 0 Å². The minimum Gasteiger partial charge on any atom is -0.352 e. The highest BCUT2D eigenvalue weighted by Crippen LogP contribution is 2.26. The summed E-state index contributed by atoms with van der Waals surface area (Å²) in [5.74, 6) is 0.0845. The van der Waals surface area contributed by atoms with Gasteiger partial charge >= 0.3 is 0 Å². The first kappa shape index (κ1) is 16.1. The Bertz CT molecular complexity index is 679. The van der Waals surface area contributed by atoms with Crippen LogP contribution >= 0.6 is 11.8 Å². The number of para-hydroxylation sites is 1. The molecule has 122 valence electrons. The second kappa shape index (κ2) is 7.17. The number of hydrogen-bond acceptors (Lipinski definition) is 4. The van der Waals surface area contributed by atoms with Gasteiger partial charge in [-0.15, -0.1) is 10.2 Å². The molecule has 0 radical (unpaired) electrons. The van der Waals surface area contributed by atoms with Gasteiger partial charge in [0.05, 0.1) is 10.9 Å². The lowest BCUT2D eigenvalue weighted by molar-refractivity contribution is -0.120. The van der Waals surface area contributed by atoms with E-state index in [1.165, 1.54) is 24.6 Å². The fraction of sp³-hybridized carbons (Fsp3) is 0.471. The molecule has 1 fully saturated rings. The van der Waals surface area contributed by atoms with Crippen LogP contribution in [0.4, 0.5) is 0 Å². The smallest absolute Gasteiger partial charge is 0.233 e. The monoisotopic (exact) mass is 330 g/mol. The van der Waals surface area contributed by atoms with E-state index in [0.717, 1.165) is 29.2 Å². The standard InChI is InChI=1S/C17H22N4OS/c1-12-7-3-6-10-15(12)21-11-18-20-17(21)23-13(2)16(22)19-14-8-4-5-9-14/h3,6-7,10-11,13-14H,4-5,8-9H2,1-2H3,(H,19,22)/t13-/m0/s1. The predicted octanol–water partition coefficient (Wildman–Crippen LogP) is 3.12. The summed E-state index contributed by atoms with van der Waals surface area (Å²) in [6, 6.07) is 8.44. The zero-order valence-electron chi connectivity index (χ0n) is 13.5. The maximum Gasteiger partial charge on any atom is 0.233 e. The summed E-state index contributed by atoms with van der Waals surface area (Å²) >= 11 is 1.45. The molecule has 3 rings (SSSR count). The van der Waals surface area contributed by atoms with Crippen molar-refractivity contribution in [3.8, 4) is 5.69 Å². The molecule has 1 atom stereocenters. The van der Waals surface area contributed by atoms with Gasteiger partial charge in [-0.2, -0.15) is 0 Å². The molecule has 1 N–H and O–H groups in total. The van der Waals surface area contributed by atoms with Gasteiger partial charge in [-0.1, -0.05) is 42.8 Å². The van der Waals surface area contributed by atoms with Gasteiger partial charge < -0.3 is 5.32 Å². The Balaban J connectivity index is 1.70. The first-order chi connectivity index (χ1) is 11.1. The van der Waals surface area contributed by atoms with Crippen molar-refractivity contribution < 1.29 is 4.79 Å². The molecule has 1 aliphatic rings. The summed E-state index contributed by atoms with van der Waals surface area (Å²) in [7, 11) is 0. The van der Waals surface area contributed by atoms with Crippen LogP contribution in [0.25, 0.3) is 5.69 Å². The van der Waals surface area contributed by atoms with Crippen LogP contribution < -0.4 is 5.32 Å². The predicted molar refractivity (Wildman–Crippen MR) is 91.8 cm³/mol. The largest absolute Gasteiger partial charge is 0.352 e. The maximum absolute atomic E-state index is 12.4. The summed E-state index contributed by atoms with van der Waals surface area (Å²) < 4.78 is 1.94. The van der Waals surface area contributed by atoms with Gasteiger partial charge in [0.2, 0.25) is 5.91 Å². The van der Waals surface area contributed by atoms with Crippen molar-refractivity contribution in [2.45, 2.75) is 56.0 Å². The number of thioether (sulfide) groups is 1. The van der Waals surface area contributed by atoms with Crippen LogP contribution in [-0.4, -0.2) is 32.0 Å². The van der Waals surface area contributed by atoms with Gasteiger partial charge in [0.25, 0.3) is 0 Å². The van der Waals surface area contributed by atoms with Crippen molar-refractivity contribution in [2.75, 3.05) is 0 Å². The van der Waals surface area contributed by atoms with Gasteiger partial charge in [-0.25, -0.2) is 0 Å². The van der Waals surface area contributed by atoms with E-state index in [2.05, 4.69) is 28.5 Å². The van der Waals surface area contributed by atoms with E-state index >= 15 is 0 Å². The third-order valence-corrected chi connectivity index (χ3v) is 5.30. The molecule has 0 bridgehead atoms. The van der Waals surface area contributed by atoms with E-state index in [1.807, 2.05) is 29.7 Å². The molecule has 1 saturated carbocycles. The normalized spacial score (nSPS) is 16.4. The van der Waals surface area contributed by atoms with Gasteiger partial charge in [0.1, 0.15) is 6.33 Å². The summed E-state index contributed by atoms with van der Waals surface area (Å²) in [6.45, 7) is 3.98. The number of nitrogens with zero attached hydrogens (tertiary/aromatic N) is 3. The molecule has 6 heteroatoms. The van der Waals surface area contributed by atoms with Crippen LogP contribution in [0.15, 0.2) is 35.7 Å². The highest BCUT2D eigenvalue weighted by atomic mass is 32.2. The van der Waals surface area contributed by atoms with Gasteiger partial charge in [0, 0.05) is 6.04 Å². The Morgan fingerprint density at radius 3 is 2.83 bits per heavy atom. The molecule has 0 spiro atoms. The lowest BCUT2D eigenvalue weighted by atomic mass is 10.2. The van der Waals surface area contributed by atoms with Crippen LogP contribution in [-0.2, 0) is 4.79 Å². The van der Waals surface area contributed by atoms with Crippen LogP contribution in [0.3, 0.4) is 0 Å². The quantitative estimate of drug-likeness (QED) is 0.856. The van der Waals surface area contributed by atoms with Crippen LogP contribution in [0.1, 0.15) is 38.2 Å². The molecular weight excluding hydrogens is 308 g/mol. The number of carbonyl (C=O) groups excluding carboxylic acids is 1. The summed E-state index contributed by atoms with van der Waals surface area (Å²) in [5, 5.41) is 11.9. The summed E-state index contributed by atoms with van der Waals surface area (Å²) in [5.41, 5.74) is 2.20. The highest BCUT2D eigenvalue weighted by molar-refractivity contribution is 8.00. The van der Waals surface area contributed by atoms with E-state index in [9.17, 15) is 4.79 Å². The molecule has 2 aromatic rings. The fourth-order valence-electron chi connectivity index (χ4n) is 2.90. The molecule has 0 aliphatic heterocycles. The van der Waals surface area contributed by atoms with Crippen molar-refractivity contribution >= 4 is 17.7 Å². The number of aryl methyl sites for hydroxylation is 1. The van der Waals surface area contributed by atoms with E-state index in [0.29, 0.717) is 6.04 Å². The van der Waals surface area contributed by atoms with Crippen molar-refractivity contribution in [3.05, 3.63) is 36.2 Å². The molecule has 23 heavy (non-hydrogen) atoms. The average Bonchev–Trinajstić information content (AvgIpc) is 3.19. The number of benzene rings is 1. The lowest BCUT2D eigenvalue weighted by Crippen LogP contribution is -2.37. The second-order valence-electron chi connectivity index (χ2n) is 6.02. The van der Waals surface area contributed by atoms with Crippen molar-refractivity contribution in [2.24, 2.45) is 0 Å². The van der Waals surface area contributed by atoms with Crippen LogP contribution in [0, 0.1) is 6.92 Å². The molecule has 5 nitrogen and oxygen atoms in total. The van der Waals surface area contributed by atoms with Crippen molar-refractivity contribution in [3.63, 3.8) is 0 Å². The summed E-state index contributed by atoms with van der Waals surface area (Å²) in [4.78, 5) is 12.4. The van der Waals surface area contributed by atoms with Gasteiger partial charge in [-0.05, 0) is 38.3 Å². The molecular formula is C17H22N4OS. The highest BCUT2D eigenvalue weighted by Gasteiger charge is 2.23. The van der Waals surface area contributed by atoms with E-state index in [-0.39, 0.29) is 11.2 Å². The Kier molecular flexibility index (Phi) is 5.00. The Morgan fingerprint density at radius 2 is 2.09 bits per heavy atom. The number of amides is 1. The molecule has 1 aromatic heterocycles. The van der Waals surface area contributed by atoms with E-state index in [1.54, 1.807) is 6.33 Å². The topological polar surface area (TPSA) is 59.8 Å². The SMILES string of the molecule is Cc1ccccc1-n1cnnc1S[C@@H](C)C(=O)NC1CCCC1. The summed E-state index contributed by atoms with van der Waals surface area (Å²) in [6.07, 6.45) is 6.33. The average molecular weight is 330 g/mol. The second-order valence-corrected chi connectivity index (χ2v) is 7.33. The fourth-order valence-corrected chi connectivity index (χ4v) is 3.75. The number of rotatable bonds is 5. The lowest BCUT2D eigenvalue weighted by Gasteiger charge is -2.16. The maximum atomic E-state index is 12.4. The minimum atomic E-state index is -0.192. The number of aromatic nitrogens is 3. The molecule has 1 amide bonds. The third kappa shape index (κ3) is 3.75. The first-order valence-electron chi connectivity index (χ1n) is 8.08. The molecule has 0 saturated heterocycles. The first-order valence-corrected chi connectivity index (χ1v) is 8.96. The zero-order chi connectivity index (χ0) is 16.2. The van der Waals surface area contributed by atoms with E-state index < -0.39 is 0 Å². The molecule has 0 unspecified atom stereocenters. The zero-order valence-corrected chi connectivity index (χ0v) is 14.3. The van der Waals surface area contributed by atoms with Crippen LogP contribution in [0.5, 0.6) is 0 Å². The minimum absolute atomic E-state index is 0.0845. The molecule has 1 aromatic carbocycles.